The lowest BCUT2D eigenvalue weighted by molar-refractivity contribution is -0.145. The number of carbonyl (C=O) groups is 1. The monoisotopic (exact) mass is 286 g/mol. The largest absolute Gasteiger partial charge is 0.465 e. The summed E-state index contributed by atoms with van der Waals surface area (Å²) in [5.74, 6) is 0.510. The highest BCUT2D eigenvalue weighted by Gasteiger charge is 2.09. The lowest BCUT2D eigenvalue weighted by Gasteiger charge is -2.14. The summed E-state index contributed by atoms with van der Waals surface area (Å²) in [6, 6.07) is 0. The highest BCUT2D eigenvalue weighted by molar-refractivity contribution is 5.69. The van der Waals surface area contributed by atoms with Crippen LogP contribution < -0.4 is 0 Å². The molecule has 0 aliphatic heterocycles. The third kappa shape index (κ3) is 12.5. The fraction of sp³-hybridized carbons (Fsp3) is 0.941. The van der Waals surface area contributed by atoms with Crippen LogP contribution in [-0.2, 0) is 14.3 Å². The number of rotatable bonds is 14. The van der Waals surface area contributed by atoms with Gasteiger partial charge in [-0.05, 0) is 31.6 Å². The molecule has 0 bridgehead atoms. The summed E-state index contributed by atoms with van der Waals surface area (Å²) in [4.78, 5) is 11.6. The van der Waals surface area contributed by atoms with Gasteiger partial charge in [-0.1, -0.05) is 46.5 Å². The Kier molecular flexibility index (Phi) is 14.4. The van der Waals surface area contributed by atoms with Gasteiger partial charge in [-0.15, -0.1) is 0 Å². The molecule has 1 atom stereocenters. The minimum absolute atomic E-state index is 0.0329. The maximum absolute atomic E-state index is 11.6. The van der Waals surface area contributed by atoms with E-state index in [0.29, 0.717) is 18.9 Å². The van der Waals surface area contributed by atoms with Crippen molar-refractivity contribution in [2.24, 2.45) is 5.92 Å². The Balaban J connectivity index is 3.43. The average molecular weight is 286 g/mol. The lowest BCUT2D eigenvalue weighted by atomic mass is 10.0. The van der Waals surface area contributed by atoms with Gasteiger partial charge in [0, 0.05) is 19.6 Å². The Morgan fingerprint density at radius 2 is 1.75 bits per heavy atom. The summed E-state index contributed by atoms with van der Waals surface area (Å²) in [6.07, 6.45) is 9.35. The molecule has 20 heavy (non-hydrogen) atoms. The maximum atomic E-state index is 11.6. The molecule has 120 valence electrons. The SMILES string of the molecule is CCCCC(CC)COC(=O)CCCCCOCCC. The van der Waals surface area contributed by atoms with Gasteiger partial charge in [0.2, 0.25) is 0 Å². The molecule has 1 unspecified atom stereocenters. The number of hydrogen-bond acceptors (Lipinski definition) is 3. The fourth-order valence-electron chi connectivity index (χ4n) is 2.08. The van der Waals surface area contributed by atoms with E-state index in [4.69, 9.17) is 9.47 Å². The minimum atomic E-state index is -0.0329. The predicted molar refractivity (Wildman–Crippen MR) is 83.8 cm³/mol. The smallest absolute Gasteiger partial charge is 0.305 e. The first kappa shape index (κ1) is 19.4. The van der Waals surface area contributed by atoms with E-state index < -0.39 is 0 Å². The predicted octanol–water partition coefficient (Wildman–Crippen LogP) is 4.73. The molecule has 3 nitrogen and oxygen atoms in total. The number of unbranched alkanes of at least 4 members (excludes halogenated alkanes) is 3. The zero-order chi connectivity index (χ0) is 15.1. The molecule has 0 radical (unpaired) electrons. The van der Waals surface area contributed by atoms with Crippen LogP contribution in [-0.4, -0.2) is 25.8 Å². The normalized spacial score (nSPS) is 12.3. The van der Waals surface area contributed by atoms with Crippen LogP contribution in [0, 0.1) is 5.92 Å². The van der Waals surface area contributed by atoms with Gasteiger partial charge in [-0.25, -0.2) is 0 Å². The van der Waals surface area contributed by atoms with Crippen molar-refractivity contribution in [3.63, 3.8) is 0 Å². The van der Waals surface area contributed by atoms with E-state index in [9.17, 15) is 4.79 Å². The van der Waals surface area contributed by atoms with Crippen molar-refractivity contribution in [3.05, 3.63) is 0 Å². The Hall–Kier alpha value is -0.570. The van der Waals surface area contributed by atoms with E-state index in [1.165, 1.54) is 19.3 Å². The topological polar surface area (TPSA) is 35.5 Å². The molecule has 0 aliphatic rings. The third-order valence-electron chi connectivity index (χ3n) is 3.54. The molecule has 0 aromatic rings. The van der Waals surface area contributed by atoms with E-state index in [1.807, 2.05) is 0 Å². The van der Waals surface area contributed by atoms with Crippen LogP contribution in [0.4, 0.5) is 0 Å². The molecule has 0 aromatic heterocycles. The molecule has 0 saturated heterocycles. The van der Waals surface area contributed by atoms with Crippen molar-refractivity contribution in [2.45, 2.75) is 78.6 Å². The van der Waals surface area contributed by atoms with Gasteiger partial charge < -0.3 is 9.47 Å². The summed E-state index contributed by atoms with van der Waals surface area (Å²) in [5.41, 5.74) is 0. The second-order valence-corrected chi connectivity index (χ2v) is 5.52. The molecule has 0 fully saturated rings. The second kappa shape index (κ2) is 14.8. The van der Waals surface area contributed by atoms with Crippen LogP contribution in [0.5, 0.6) is 0 Å². The molecule has 0 rings (SSSR count). The average Bonchev–Trinajstić information content (AvgIpc) is 2.46. The Bertz CT molecular complexity index is 216. The van der Waals surface area contributed by atoms with Gasteiger partial charge in [0.15, 0.2) is 0 Å². The van der Waals surface area contributed by atoms with Crippen molar-refractivity contribution >= 4 is 5.97 Å². The van der Waals surface area contributed by atoms with Crippen LogP contribution in [0.25, 0.3) is 0 Å². The summed E-state index contributed by atoms with van der Waals surface area (Å²) in [5, 5.41) is 0. The molecule has 0 aliphatic carbocycles. The zero-order valence-corrected chi connectivity index (χ0v) is 13.8. The summed E-state index contributed by atoms with van der Waals surface area (Å²) >= 11 is 0. The quantitative estimate of drug-likeness (QED) is 0.342. The zero-order valence-electron chi connectivity index (χ0n) is 13.8. The molecule has 0 saturated carbocycles. The first-order valence-corrected chi connectivity index (χ1v) is 8.47. The van der Waals surface area contributed by atoms with Gasteiger partial charge in [0.05, 0.1) is 6.61 Å². The van der Waals surface area contributed by atoms with E-state index >= 15 is 0 Å². The highest BCUT2D eigenvalue weighted by atomic mass is 16.5. The molecular formula is C17H34O3. The van der Waals surface area contributed by atoms with Gasteiger partial charge in [0.1, 0.15) is 0 Å². The van der Waals surface area contributed by atoms with Gasteiger partial charge in [-0.3, -0.25) is 4.79 Å². The van der Waals surface area contributed by atoms with Crippen LogP contribution in [0.3, 0.4) is 0 Å². The van der Waals surface area contributed by atoms with E-state index in [1.54, 1.807) is 0 Å². The second-order valence-electron chi connectivity index (χ2n) is 5.52. The summed E-state index contributed by atoms with van der Waals surface area (Å²) in [6.45, 7) is 8.75. The molecule has 3 heteroatoms. The number of carbonyl (C=O) groups excluding carboxylic acids is 1. The lowest BCUT2D eigenvalue weighted by Crippen LogP contribution is -2.13. The molecule has 0 N–H and O–H groups in total. The van der Waals surface area contributed by atoms with Gasteiger partial charge >= 0.3 is 5.97 Å². The molecule has 0 heterocycles. The van der Waals surface area contributed by atoms with E-state index in [2.05, 4.69) is 20.8 Å². The molecule has 0 aromatic carbocycles. The maximum Gasteiger partial charge on any atom is 0.305 e. The Morgan fingerprint density at radius 3 is 2.40 bits per heavy atom. The summed E-state index contributed by atoms with van der Waals surface area (Å²) in [7, 11) is 0. The van der Waals surface area contributed by atoms with Gasteiger partial charge in [0.25, 0.3) is 0 Å². The van der Waals surface area contributed by atoms with Crippen molar-refractivity contribution in [1.82, 2.24) is 0 Å². The van der Waals surface area contributed by atoms with Crippen LogP contribution in [0.2, 0.25) is 0 Å². The van der Waals surface area contributed by atoms with Crippen molar-refractivity contribution in [2.75, 3.05) is 19.8 Å². The Morgan fingerprint density at radius 1 is 0.950 bits per heavy atom. The number of esters is 1. The number of ether oxygens (including phenoxy) is 2. The summed E-state index contributed by atoms with van der Waals surface area (Å²) < 4.78 is 10.8. The number of hydrogen-bond donors (Lipinski definition) is 0. The van der Waals surface area contributed by atoms with E-state index in [0.717, 1.165) is 45.3 Å². The molecular weight excluding hydrogens is 252 g/mol. The standard InChI is InChI=1S/C17H34O3/c1-4-7-11-16(6-3)15-20-17(18)12-9-8-10-14-19-13-5-2/h16H,4-15H2,1-3H3. The van der Waals surface area contributed by atoms with Gasteiger partial charge in [-0.2, -0.15) is 0 Å². The van der Waals surface area contributed by atoms with E-state index in [-0.39, 0.29) is 5.97 Å². The third-order valence-corrected chi connectivity index (χ3v) is 3.54. The van der Waals surface area contributed by atoms with Crippen LogP contribution in [0.1, 0.15) is 78.6 Å². The fourth-order valence-corrected chi connectivity index (χ4v) is 2.08. The van der Waals surface area contributed by atoms with Crippen molar-refractivity contribution in [3.8, 4) is 0 Å². The molecule has 0 spiro atoms. The molecule has 0 amide bonds. The van der Waals surface area contributed by atoms with Crippen molar-refractivity contribution < 1.29 is 14.3 Å². The first-order valence-electron chi connectivity index (χ1n) is 8.47. The van der Waals surface area contributed by atoms with Crippen molar-refractivity contribution in [1.29, 1.82) is 0 Å². The Labute approximate surface area is 125 Å². The first-order chi connectivity index (χ1) is 9.74. The minimum Gasteiger partial charge on any atom is -0.465 e. The van der Waals surface area contributed by atoms with Crippen LogP contribution in [0.15, 0.2) is 0 Å². The van der Waals surface area contributed by atoms with Crippen LogP contribution >= 0.6 is 0 Å². The highest BCUT2D eigenvalue weighted by Crippen LogP contribution is 2.13.